The molecule has 0 atom stereocenters. The molecule has 0 bridgehead atoms. The summed E-state index contributed by atoms with van der Waals surface area (Å²) in [6.07, 6.45) is 0. The van der Waals surface area contributed by atoms with Gasteiger partial charge >= 0.3 is 0 Å². The number of anilines is 1. The largest absolute Gasteiger partial charge is 0.324 e. The molecule has 0 heterocycles. The normalized spacial score (nSPS) is 11.5. The van der Waals surface area contributed by atoms with Gasteiger partial charge in [0.25, 0.3) is 0 Å². The molecule has 0 aliphatic rings. The average molecular weight is 178 g/mol. The Hall–Kier alpha value is -1.02. The van der Waals surface area contributed by atoms with Crippen LogP contribution in [0.2, 0.25) is 0 Å². The van der Waals surface area contributed by atoms with Crippen LogP contribution in [0.3, 0.4) is 0 Å². The molecule has 2 heteroatoms. The van der Waals surface area contributed by atoms with Crippen LogP contribution in [0.25, 0.3) is 0 Å². The number of hydrazine groups is 1. The molecule has 0 amide bonds. The van der Waals surface area contributed by atoms with E-state index in [0.717, 1.165) is 5.69 Å². The zero-order valence-electron chi connectivity index (χ0n) is 8.81. The molecule has 72 valence electrons. The van der Waals surface area contributed by atoms with E-state index in [1.165, 1.54) is 11.1 Å². The first-order valence-electron chi connectivity index (χ1n) is 4.53. The summed E-state index contributed by atoms with van der Waals surface area (Å²) in [5.74, 6) is 5.45. The number of benzene rings is 1. The fourth-order valence-corrected chi connectivity index (χ4v) is 1.40. The van der Waals surface area contributed by atoms with E-state index in [-0.39, 0.29) is 5.41 Å². The molecule has 0 radical (unpaired) electrons. The molecule has 13 heavy (non-hydrogen) atoms. The molecule has 0 aromatic heterocycles. The quantitative estimate of drug-likeness (QED) is 0.512. The monoisotopic (exact) mass is 178 g/mol. The van der Waals surface area contributed by atoms with Crippen LogP contribution < -0.4 is 11.3 Å². The van der Waals surface area contributed by atoms with Gasteiger partial charge in [0.05, 0.1) is 5.69 Å². The van der Waals surface area contributed by atoms with Crippen molar-refractivity contribution in [2.75, 3.05) is 5.43 Å². The highest BCUT2D eigenvalue weighted by atomic mass is 15.2. The minimum absolute atomic E-state index is 0.133. The van der Waals surface area contributed by atoms with Crippen LogP contribution in [-0.4, -0.2) is 0 Å². The van der Waals surface area contributed by atoms with Crippen molar-refractivity contribution in [3.63, 3.8) is 0 Å². The molecule has 0 saturated heterocycles. The molecule has 0 aliphatic heterocycles. The highest BCUT2D eigenvalue weighted by molar-refractivity contribution is 5.54. The fraction of sp³-hybridized carbons (Fsp3) is 0.455. The van der Waals surface area contributed by atoms with E-state index in [1.807, 2.05) is 6.07 Å². The Morgan fingerprint density at radius 2 is 1.85 bits per heavy atom. The van der Waals surface area contributed by atoms with Gasteiger partial charge in [-0.15, -0.1) is 0 Å². The van der Waals surface area contributed by atoms with Crippen LogP contribution in [0, 0.1) is 6.92 Å². The van der Waals surface area contributed by atoms with Crippen molar-refractivity contribution in [1.82, 2.24) is 0 Å². The fourth-order valence-electron chi connectivity index (χ4n) is 1.40. The number of hydrogen-bond acceptors (Lipinski definition) is 2. The van der Waals surface area contributed by atoms with Crippen molar-refractivity contribution in [2.24, 2.45) is 5.84 Å². The molecule has 1 rings (SSSR count). The summed E-state index contributed by atoms with van der Waals surface area (Å²) in [5, 5.41) is 0. The van der Waals surface area contributed by atoms with Crippen LogP contribution in [-0.2, 0) is 5.41 Å². The zero-order valence-corrected chi connectivity index (χ0v) is 8.81. The van der Waals surface area contributed by atoms with Gasteiger partial charge in [-0.25, -0.2) is 0 Å². The summed E-state index contributed by atoms with van der Waals surface area (Å²) in [5.41, 5.74) is 6.40. The van der Waals surface area contributed by atoms with Crippen LogP contribution >= 0.6 is 0 Å². The van der Waals surface area contributed by atoms with Gasteiger partial charge in [-0.05, 0) is 24.0 Å². The second kappa shape index (κ2) is 3.38. The maximum Gasteiger partial charge on any atom is 0.0522 e. The lowest BCUT2D eigenvalue weighted by Gasteiger charge is -2.23. The Morgan fingerprint density at radius 1 is 1.23 bits per heavy atom. The standard InChI is InChI=1S/C11H18N2/c1-8-5-6-10(13-12)9(7-8)11(2,3)4/h5-7,13H,12H2,1-4H3. The summed E-state index contributed by atoms with van der Waals surface area (Å²) in [6, 6.07) is 6.26. The predicted molar refractivity (Wildman–Crippen MR) is 57.7 cm³/mol. The number of nitrogen functional groups attached to an aromatic ring is 1. The molecule has 0 fully saturated rings. The summed E-state index contributed by atoms with van der Waals surface area (Å²) in [6.45, 7) is 8.64. The molecule has 2 nitrogen and oxygen atoms in total. The third-order valence-corrected chi connectivity index (χ3v) is 2.14. The summed E-state index contributed by atoms with van der Waals surface area (Å²) < 4.78 is 0. The molecule has 1 aromatic rings. The van der Waals surface area contributed by atoms with Gasteiger partial charge in [0.15, 0.2) is 0 Å². The maximum absolute atomic E-state index is 5.45. The number of nitrogens with two attached hydrogens (primary N) is 1. The Bertz CT molecular complexity index is 297. The molecule has 3 N–H and O–H groups in total. The number of nitrogens with one attached hydrogen (secondary N) is 1. The first-order chi connectivity index (χ1) is 5.95. The minimum Gasteiger partial charge on any atom is -0.324 e. The van der Waals surface area contributed by atoms with E-state index in [1.54, 1.807) is 0 Å². The number of rotatable bonds is 1. The lowest BCUT2D eigenvalue weighted by atomic mass is 9.85. The van der Waals surface area contributed by atoms with E-state index in [4.69, 9.17) is 5.84 Å². The second-order valence-corrected chi connectivity index (χ2v) is 4.44. The average Bonchev–Trinajstić information content (AvgIpc) is 2.03. The Kier molecular flexibility index (Phi) is 2.62. The highest BCUT2D eigenvalue weighted by Gasteiger charge is 2.17. The van der Waals surface area contributed by atoms with Crippen LogP contribution in [0.5, 0.6) is 0 Å². The lowest BCUT2D eigenvalue weighted by Crippen LogP contribution is -2.17. The van der Waals surface area contributed by atoms with E-state index in [9.17, 15) is 0 Å². The van der Waals surface area contributed by atoms with Crippen molar-refractivity contribution in [1.29, 1.82) is 0 Å². The number of hydrogen-bond donors (Lipinski definition) is 2. The van der Waals surface area contributed by atoms with Gasteiger partial charge in [-0.2, -0.15) is 0 Å². The molecule has 1 aromatic carbocycles. The summed E-state index contributed by atoms with van der Waals surface area (Å²) in [4.78, 5) is 0. The van der Waals surface area contributed by atoms with E-state index in [0.29, 0.717) is 0 Å². The van der Waals surface area contributed by atoms with Crippen molar-refractivity contribution in [3.8, 4) is 0 Å². The van der Waals surface area contributed by atoms with E-state index >= 15 is 0 Å². The molecule has 0 aliphatic carbocycles. The second-order valence-electron chi connectivity index (χ2n) is 4.44. The molecule has 0 saturated carbocycles. The van der Waals surface area contributed by atoms with Gasteiger partial charge in [-0.1, -0.05) is 38.5 Å². The van der Waals surface area contributed by atoms with Crippen molar-refractivity contribution in [3.05, 3.63) is 29.3 Å². The van der Waals surface area contributed by atoms with Crippen molar-refractivity contribution < 1.29 is 0 Å². The van der Waals surface area contributed by atoms with Gasteiger partial charge in [0.1, 0.15) is 0 Å². The molecule has 0 unspecified atom stereocenters. The van der Waals surface area contributed by atoms with E-state index < -0.39 is 0 Å². The lowest BCUT2D eigenvalue weighted by molar-refractivity contribution is 0.591. The molecule has 0 spiro atoms. The highest BCUT2D eigenvalue weighted by Crippen LogP contribution is 2.29. The zero-order chi connectivity index (χ0) is 10.1. The topological polar surface area (TPSA) is 38.0 Å². The maximum atomic E-state index is 5.45. The molecular formula is C11H18N2. The minimum atomic E-state index is 0.133. The number of aryl methyl sites for hydroxylation is 1. The van der Waals surface area contributed by atoms with Gasteiger partial charge in [-0.3, -0.25) is 5.84 Å². The van der Waals surface area contributed by atoms with Gasteiger partial charge in [0.2, 0.25) is 0 Å². The first-order valence-corrected chi connectivity index (χ1v) is 4.53. The van der Waals surface area contributed by atoms with E-state index in [2.05, 4.69) is 45.3 Å². The third kappa shape index (κ3) is 2.22. The first kappa shape index (κ1) is 10.1. The Balaban J connectivity index is 3.24. The summed E-state index contributed by atoms with van der Waals surface area (Å²) in [7, 11) is 0. The van der Waals surface area contributed by atoms with Crippen molar-refractivity contribution >= 4 is 5.69 Å². The third-order valence-electron chi connectivity index (χ3n) is 2.14. The van der Waals surface area contributed by atoms with Crippen LogP contribution in [0.15, 0.2) is 18.2 Å². The summed E-state index contributed by atoms with van der Waals surface area (Å²) >= 11 is 0. The Labute approximate surface area is 80.1 Å². The molecular weight excluding hydrogens is 160 g/mol. The smallest absolute Gasteiger partial charge is 0.0522 e. The SMILES string of the molecule is Cc1ccc(NN)c(C(C)(C)C)c1. The van der Waals surface area contributed by atoms with Crippen LogP contribution in [0.4, 0.5) is 5.69 Å². The van der Waals surface area contributed by atoms with Gasteiger partial charge < -0.3 is 5.43 Å². The predicted octanol–water partition coefficient (Wildman–Crippen LogP) is 2.58. The Morgan fingerprint density at radius 3 is 2.31 bits per heavy atom. The van der Waals surface area contributed by atoms with Crippen LogP contribution in [0.1, 0.15) is 31.9 Å². The van der Waals surface area contributed by atoms with Crippen molar-refractivity contribution in [2.45, 2.75) is 33.1 Å². The van der Waals surface area contributed by atoms with Gasteiger partial charge in [0, 0.05) is 0 Å².